The van der Waals surface area contributed by atoms with Crippen molar-refractivity contribution in [1.29, 1.82) is 0 Å². The maximum Gasteiger partial charge on any atom is 0.307 e. The van der Waals surface area contributed by atoms with E-state index in [1.807, 2.05) is 36.4 Å². The SMILES string of the molecule is CN(C)S(=O)(=O)n1c(C(O)[C@H]2OC(C)(C)O[C@@H]2[C@H](O)CO[Si](c2ccccc2)(c2ccccc2)C(C)(C)C)cc2ccccc21. The first-order valence-electron chi connectivity index (χ1n) is 15.1. The lowest BCUT2D eigenvalue weighted by atomic mass is 10.0. The van der Waals surface area contributed by atoms with Gasteiger partial charge >= 0.3 is 10.2 Å². The zero-order chi connectivity index (χ0) is 32.8. The average molecular weight is 653 g/mol. The standard InChI is InChI=1S/C34H44N2O7SSi/c1-33(2,3)45(25-17-10-8-11-18-25,26-19-12-9-13-20-26)41-23-29(37)31-32(43-34(4,5)42-31)30(38)28-22-24-16-14-15-21-27(24)36(28)44(39,40)35(6)7/h8-22,29-32,37-38H,23H2,1-7H3/t29-,30?,31-,32-/m1/s1. The first-order valence-corrected chi connectivity index (χ1v) is 18.4. The molecule has 0 radical (unpaired) electrons. The van der Waals surface area contributed by atoms with Gasteiger partial charge in [0.05, 0.1) is 17.8 Å². The first kappa shape index (κ1) is 33.5. The van der Waals surface area contributed by atoms with Crippen LogP contribution in [0.15, 0.2) is 91.0 Å². The number of hydrogen-bond donors (Lipinski definition) is 2. The molecule has 0 aliphatic carbocycles. The molecule has 45 heavy (non-hydrogen) atoms. The summed E-state index contributed by atoms with van der Waals surface area (Å²) in [5, 5.41) is 26.1. The van der Waals surface area contributed by atoms with E-state index >= 15 is 0 Å². The lowest BCUT2D eigenvalue weighted by Crippen LogP contribution is -2.67. The number of benzene rings is 3. The Morgan fingerprint density at radius 2 is 1.40 bits per heavy atom. The molecule has 9 nitrogen and oxygen atoms in total. The highest BCUT2D eigenvalue weighted by molar-refractivity contribution is 7.87. The average Bonchev–Trinajstić information content (AvgIpc) is 3.55. The van der Waals surface area contributed by atoms with Crippen LogP contribution in [0.25, 0.3) is 10.9 Å². The maximum absolute atomic E-state index is 13.5. The van der Waals surface area contributed by atoms with Gasteiger partial charge < -0.3 is 24.1 Å². The van der Waals surface area contributed by atoms with E-state index in [9.17, 15) is 18.6 Å². The molecule has 1 aliphatic rings. The Morgan fingerprint density at radius 1 is 0.889 bits per heavy atom. The number of aliphatic hydroxyl groups is 2. The van der Waals surface area contributed by atoms with Crippen LogP contribution in [0.5, 0.6) is 0 Å². The fraction of sp³-hybridized carbons (Fsp3) is 0.412. The molecule has 242 valence electrons. The van der Waals surface area contributed by atoms with E-state index in [0.29, 0.717) is 10.9 Å². The summed E-state index contributed by atoms with van der Waals surface area (Å²) < 4.78 is 48.6. The second-order valence-corrected chi connectivity index (χ2v) is 19.5. The van der Waals surface area contributed by atoms with Gasteiger partial charge in [-0.3, -0.25) is 0 Å². The molecule has 1 aliphatic heterocycles. The third-order valence-electron chi connectivity index (χ3n) is 8.43. The molecule has 0 bridgehead atoms. The Kier molecular flexibility index (Phi) is 9.22. The molecule has 1 aromatic heterocycles. The van der Waals surface area contributed by atoms with Gasteiger partial charge in [0.1, 0.15) is 24.4 Å². The summed E-state index contributed by atoms with van der Waals surface area (Å²) in [4.78, 5) is 0. The van der Waals surface area contributed by atoms with Gasteiger partial charge in [0.2, 0.25) is 0 Å². The summed E-state index contributed by atoms with van der Waals surface area (Å²) in [5.74, 6) is -1.16. The van der Waals surface area contributed by atoms with E-state index in [4.69, 9.17) is 13.9 Å². The molecule has 1 unspecified atom stereocenters. The number of ether oxygens (including phenoxy) is 2. The zero-order valence-electron chi connectivity index (χ0n) is 26.9. The number of aliphatic hydroxyl groups excluding tert-OH is 2. The summed E-state index contributed by atoms with van der Waals surface area (Å²) >= 11 is 0. The lowest BCUT2D eigenvalue weighted by Gasteiger charge is -2.43. The van der Waals surface area contributed by atoms with Crippen molar-refractivity contribution in [1.82, 2.24) is 8.28 Å². The van der Waals surface area contributed by atoms with Gasteiger partial charge in [-0.1, -0.05) is 99.6 Å². The first-order chi connectivity index (χ1) is 21.1. The Balaban J connectivity index is 1.53. The van der Waals surface area contributed by atoms with Crippen LogP contribution < -0.4 is 10.4 Å². The van der Waals surface area contributed by atoms with Crippen LogP contribution in [-0.2, 0) is 24.1 Å². The minimum atomic E-state index is -4.03. The van der Waals surface area contributed by atoms with Gasteiger partial charge in [0.25, 0.3) is 8.32 Å². The van der Waals surface area contributed by atoms with Crippen molar-refractivity contribution >= 4 is 39.8 Å². The maximum atomic E-state index is 13.5. The van der Waals surface area contributed by atoms with Crippen LogP contribution in [0.4, 0.5) is 0 Å². The molecule has 5 rings (SSSR count). The van der Waals surface area contributed by atoms with Crippen LogP contribution in [0, 0.1) is 0 Å². The molecular weight excluding hydrogens is 609 g/mol. The van der Waals surface area contributed by atoms with Gasteiger partial charge in [-0.05, 0) is 41.4 Å². The minimum Gasteiger partial charge on any atom is -0.405 e. The molecular formula is C34H44N2O7SSi. The molecule has 0 amide bonds. The Hall–Kier alpha value is -2.87. The second-order valence-electron chi connectivity index (χ2n) is 13.2. The number of para-hydroxylation sites is 1. The number of fused-ring (bicyclic) bond motifs is 1. The van der Waals surface area contributed by atoms with Crippen LogP contribution in [-0.4, -0.2) is 80.0 Å². The Morgan fingerprint density at radius 3 is 1.93 bits per heavy atom. The van der Waals surface area contributed by atoms with E-state index in [0.717, 1.165) is 18.7 Å². The van der Waals surface area contributed by atoms with E-state index in [-0.39, 0.29) is 17.3 Å². The van der Waals surface area contributed by atoms with Gasteiger partial charge in [-0.25, -0.2) is 3.97 Å². The zero-order valence-corrected chi connectivity index (χ0v) is 28.7. The molecule has 4 atom stereocenters. The summed E-state index contributed by atoms with van der Waals surface area (Å²) in [6.07, 6.45) is -4.79. The predicted octanol–water partition coefficient (Wildman–Crippen LogP) is 3.79. The van der Waals surface area contributed by atoms with Crippen LogP contribution >= 0.6 is 0 Å². The van der Waals surface area contributed by atoms with Crippen molar-refractivity contribution in [3.63, 3.8) is 0 Å². The predicted molar refractivity (Wildman–Crippen MR) is 178 cm³/mol. The molecule has 4 aromatic rings. The van der Waals surface area contributed by atoms with Crippen LogP contribution in [0.2, 0.25) is 5.04 Å². The van der Waals surface area contributed by atoms with Crippen molar-refractivity contribution in [2.45, 2.75) is 69.9 Å². The fourth-order valence-electron chi connectivity index (χ4n) is 6.37. The van der Waals surface area contributed by atoms with E-state index in [1.165, 1.54) is 14.1 Å². The summed E-state index contributed by atoms with van der Waals surface area (Å²) in [5.41, 5.74) is 0.534. The highest BCUT2D eigenvalue weighted by Gasteiger charge is 2.53. The monoisotopic (exact) mass is 652 g/mol. The topological polar surface area (TPSA) is 110 Å². The fourth-order valence-corrected chi connectivity index (χ4v) is 12.1. The van der Waals surface area contributed by atoms with Crippen molar-refractivity contribution in [2.75, 3.05) is 20.7 Å². The molecule has 2 heterocycles. The molecule has 1 fully saturated rings. The van der Waals surface area contributed by atoms with Gasteiger partial charge in [0, 0.05) is 19.5 Å². The van der Waals surface area contributed by atoms with Crippen molar-refractivity contribution < 1.29 is 32.5 Å². The number of rotatable bonds is 10. The van der Waals surface area contributed by atoms with Crippen molar-refractivity contribution in [2.24, 2.45) is 0 Å². The Labute approximate surface area is 267 Å². The molecule has 2 N–H and O–H groups in total. The van der Waals surface area contributed by atoms with Crippen LogP contribution in [0.3, 0.4) is 0 Å². The highest BCUT2D eigenvalue weighted by Crippen LogP contribution is 2.41. The van der Waals surface area contributed by atoms with Gasteiger partial charge in [0.15, 0.2) is 5.79 Å². The largest absolute Gasteiger partial charge is 0.405 e. The Bertz CT molecular complexity index is 1680. The molecule has 0 saturated carbocycles. The molecule has 3 aromatic carbocycles. The minimum absolute atomic E-state index is 0.0976. The summed E-state index contributed by atoms with van der Waals surface area (Å²) in [7, 11) is -4.14. The third-order valence-corrected chi connectivity index (χ3v) is 15.2. The molecule has 0 spiro atoms. The molecule has 11 heteroatoms. The second kappa shape index (κ2) is 12.4. The number of nitrogens with zero attached hydrogens (tertiary/aromatic N) is 2. The lowest BCUT2D eigenvalue weighted by molar-refractivity contribution is -0.162. The number of hydrogen-bond acceptors (Lipinski definition) is 7. The van der Waals surface area contributed by atoms with E-state index in [1.54, 1.807) is 44.2 Å². The van der Waals surface area contributed by atoms with Crippen molar-refractivity contribution in [3.05, 3.63) is 96.7 Å². The number of aromatic nitrogens is 1. The summed E-state index contributed by atoms with van der Waals surface area (Å²) in [6, 6.07) is 28.9. The smallest absolute Gasteiger partial charge is 0.307 e. The summed E-state index contributed by atoms with van der Waals surface area (Å²) in [6.45, 7) is 9.77. The highest BCUT2D eigenvalue weighted by atomic mass is 32.2. The quantitative estimate of drug-likeness (QED) is 0.251. The van der Waals surface area contributed by atoms with E-state index < -0.39 is 48.7 Å². The van der Waals surface area contributed by atoms with E-state index in [2.05, 4.69) is 45.0 Å². The van der Waals surface area contributed by atoms with Gasteiger partial charge in [-0.2, -0.15) is 12.7 Å². The van der Waals surface area contributed by atoms with Crippen LogP contribution in [0.1, 0.15) is 46.4 Å². The third kappa shape index (κ3) is 6.16. The van der Waals surface area contributed by atoms with Gasteiger partial charge in [-0.15, -0.1) is 0 Å². The normalized spacial score (nSPS) is 20.5. The molecule has 1 saturated heterocycles. The van der Waals surface area contributed by atoms with Crippen molar-refractivity contribution in [3.8, 4) is 0 Å².